The van der Waals surface area contributed by atoms with E-state index in [4.69, 9.17) is 16.3 Å². The zero-order chi connectivity index (χ0) is 20.8. The summed E-state index contributed by atoms with van der Waals surface area (Å²) in [5, 5.41) is 5.02. The van der Waals surface area contributed by atoms with Gasteiger partial charge in [-0.15, -0.1) is 11.3 Å². The molecule has 0 spiro atoms. The number of halogens is 2. The molecule has 1 amide bonds. The van der Waals surface area contributed by atoms with Gasteiger partial charge in [0.25, 0.3) is 0 Å². The molecule has 0 aliphatic heterocycles. The molecule has 0 radical (unpaired) electrons. The molecule has 1 N–H and O–H groups in total. The third kappa shape index (κ3) is 6.03. The summed E-state index contributed by atoms with van der Waals surface area (Å²) in [4.78, 5) is 28.8. The van der Waals surface area contributed by atoms with Crippen molar-refractivity contribution in [3.8, 4) is 5.75 Å². The van der Waals surface area contributed by atoms with Gasteiger partial charge in [-0.3, -0.25) is 9.59 Å². The molecule has 1 heterocycles. The Balaban J connectivity index is 1.54. The molecule has 0 saturated heterocycles. The topological polar surface area (TPSA) is 68.3 Å². The molecule has 29 heavy (non-hydrogen) atoms. The number of ether oxygens (including phenoxy) is 1. The lowest BCUT2D eigenvalue weighted by atomic mass is 10.1. The normalized spacial score (nSPS) is 10.6. The maximum absolute atomic E-state index is 12.9. The Morgan fingerprint density at radius 2 is 2.00 bits per heavy atom. The Bertz CT molecular complexity index is 1020. The molecule has 3 rings (SSSR count). The van der Waals surface area contributed by atoms with Gasteiger partial charge in [-0.25, -0.2) is 9.37 Å². The summed E-state index contributed by atoms with van der Waals surface area (Å²) in [5.74, 6) is -0.0545. The summed E-state index contributed by atoms with van der Waals surface area (Å²) < 4.78 is 18.8. The minimum atomic E-state index is -0.382. The van der Waals surface area contributed by atoms with Crippen molar-refractivity contribution in [2.75, 3.05) is 18.2 Å². The third-order valence-electron chi connectivity index (χ3n) is 3.80. The monoisotopic (exact) mass is 450 g/mol. The van der Waals surface area contributed by atoms with Gasteiger partial charge in [-0.2, -0.15) is 0 Å². The minimum absolute atomic E-state index is 0.0820. The van der Waals surface area contributed by atoms with Gasteiger partial charge < -0.3 is 10.1 Å². The number of Topliss-reactive ketones (excluding diaryl/α,β-unsaturated/α-hetero) is 1. The van der Waals surface area contributed by atoms with E-state index in [-0.39, 0.29) is 29.7 Å². The number of aromatic nitrogens is 1. The molecule has 0 aliphatic rings. The fraction of sp³-hybridized carbons (Fsp3) is 0.150. The SMILES string of the molecule is COc1ccc(Cl)cc1NC(=O)Cc1csc(SCC(=O)c2ccc(F)cc2)n1. The summed E-state index contributed by atoms with van der Waals surface area (Å²) in [6.07, 6.45) is 0.0820. The number of anilines is 1. The molecular weight excluding hydrogens is 435 g/mol. The summed E-state index contributed by atoms with van der Waals surface area (Å²) in [6, 6.07) is 10.4. The number of carbonyl (C=O) groups is 2. The van der Waals surface area contributed by atoms with E-state index < -0.39 is 0 Å². The molecule has 3 aromatic rings. The Kier molecular flexibility index (Phi) is 7.24. The maximum Gasteiger partial charge on any atom is 0.230 e. The van der Waals surface area contributed by atoms with Crippen LogP contribution in [0.2, 0.25) is 5.02 Å². The zero-order valence-corrected chi connectivity index (χ0v) is 17.7. The first kappa shape index (κ1) is 21.3. The number of methoxy groups -OCH3 is 1. The van der Waals surface area contributed by atoms with Gasteiger partial charge in [0, 0.05) is 16.0 Å². The fourth-order valence-corrected chi connectivity index (χ4v) is 4.33. The first-order valence-corrected chi connectivity index (χ1v) is 10.7. The number of ketones is 1. The largest absolute Gasteiger partial charge is 0.495 e. The van der Waals surface area contributed by atoms with Crippen LogP contribution in [0.15, 0.2) is 52.2 Å². The molecule has 0 atom stereocenters. The van der Waals surface area contributed by atoms with E-state index in [1.165, 1.54) is 54.5 Å². The van der Waals surface area contributed by atoms with E-state index in [0.717, 1.165) is 0 Å². The Morgan fingerprint density at radius 1 is 1.24 bits per heavy atom. The zero-order valence-electron chi connectivity index (χ0n) is 15.3. The van der Waals surface area contributed by atoms with Gasteiger partial charge in [0.1, 0.15) is 11.6 Å². The molecule has 0 fully saturated rings. The van der Waals surface area contributed by atoms with Crippen LogP contribution in [0.25, 0.3) is 0 Å². The van der Waals surface area contributed by atoms with Crippen LogP contribution in [0.3, 0.4) is 0 Å². The number of thioether (sulfide) groups is 1. The predicted octanol–water partition coefficient (Wildman–Crippen LogP) is 5.10. The van der Waals surface area contributed by atoms with Crippen LogP contribution in [0, 0.1) is 5.82 Å². The smallest absolute Gasteiger partial charge is 0.230 e. The molecule has 0 saturated carbocycles. The molecule has 0 unspecified atom stereocenters. The van der Waals surface area contributed by atoms with Crippen LogP contribution in [0.1, 0.15) is 16.1 Å². The molecule has 150 valence electrons. The highest BCUT2D eigenvalue weighted by Crippen LogP contribution is 2.28. The lowest BCUT2D eigenvalue weighted by Gasteiger charge is -2.10. The lowest BCUT2D eigenvalue weighted by Crippen LogP contribution is -2.15. The quantitative estimate of drug-likeness (QED) is 0.382. The molecule has 5 nitrogen and oxygen atoms in total. The maximum atomic E-state index is 12.9. The van der Waals surface area contributed by atoms with Gasteiger partial charge in [0.15, 0.2) is 10.1 Å². The van der Waals surface area contributed by atoms with Crippen LogP contribution in [-0.2, 0) is 11.2 Å². The van der Waals surface area contributed by atoms with Crippen molar-refractivity contribution >= 4 is 52.1 Å². The van der Waals surface area contributed by atoms with Gasteiger partial charge in [-0.1, -0.05) is 23.4 Å². The second-order valence-corrected chi connectivity index (χ2v) is 8.41. The number of thiazole rings is 1. The number of nitrogens with one attached hydrogen (secondary N) is 1. The molecule has 1 aromatic heterocycles. The van der Waals surface area contributed by atoms with Gasteiger partial charge in [-0.05, 0) is 42.5 Å². The average Bonchev–Trinajstić information content (AvgIpc) is 3.14. The summed E-state index contributed by atoms with van der Waals surface area (Å²) in [7, 11) is 1.51. The van der Waals surface area contributed by atoms with Gasteiger partial charge >= 0.3 is 0 Å². The van der Waals surface area contributed by atoms with E-state index >= 15 is 0 Å². The van der Waals surface area contributed by atoms with Crippen molar-refractivity contribution in [1.29, 1.82) is 0 Å². The number of amides is 1. The van der Waals surface area contributed by atoms with Crippen LogP contribution in [-0.4, -0.2) is 29.5 Å². The van der Waals surface area contributed by atoms with Gasteiger partial charge in [0.05, 0.1) is 30.7 Å². The van der Waals surface area contributed by atoms with Crippen LogP contribution in [0.4, 0.5) is 10.1 Å². The van der Waals surface area contributed by atoms with E-state index in [1.54, 1.807) is 23.6 Å². The van der Waals surface area contributed by atoms with Crippen molar-refractivity contribution in [2.24, 2.45) is 0 Å². The third-order valence-corrected chi connectivity index (χ3v) is 6.11. The first-order chi connectivity index (χ1) is 13.9. The fourth-order valence-electron chi connectivity index (χ4n) is 2.42. The minimum Gasteiger partial charge on any atom is -0.495 e. The second kappa shape index (κ2) is 9.87. The number of hydrogen-bond acceptors (Lipinski definition) is 6. The Morgan fingerprint density at radius 3 is 2.72 bits per heavy atom. The average molecular weight is 451 g/mol. The second-order valence-electron chi connectivity index (χ2n) is 5.89. The highest BCUT2D eigenvalue weighted by atomic mass is 35.5. The highest BCUT2D eigenvalue weighted by Gasteiger charge is 2.13. The number of carbonyl (C=O) groups excluding carboxylic acids is 2. The molecule has 2 aromatic carbocycles. The summed E-state index contributed by atoms with van der Waals surface area (Å²) in [5.41, 5.74) is 1.54. The van der Waals surface area contributed by atoms with E-state index in [9.17, 15) is 14.0 Å². The molecular formula is C20H16ClFN2O3S2. The molecule has 0 aliphatic carbocycles. The molecule has 9 heteroatoms. The number of nitrogens with zero attached hydrogens (tertiary/aromatic N) is 1. The van der Waals surface area contributed by atoms with Crippen molar-refractivity contribution in [3.63, 3.8) is 0 Å². The predicted molar refractivity (Wildman–Crippen MR) is 114 cm³/mol. The van der Waals surface area contributed by atoms with Crippen molar-refractivity contribution in [3.05, 3.63) is 69.9 Å². The number of rotatable bonds is 8. The van der Waals surface area contributed by atoms with Crippen molar-refractivity contribution in [1.82, 2.24) is 4.98 Å². The lowest BCUT2D eigenvalue weighted by molar-refractivity contribution is -0.115. The summed E-state index contributed by atoms with van der Waals surface area (Å²) >= 11 is 8.61. The Hall–Kier alpha value is -2.42. The molecule has 0 bridgehead atoms. The summed E-state index contributed by atoms with van der Waals surface area (Å²) in [6.45, 7) is 0. The van der Waals surface area contributed by atoms with E-state index in [0.29, 0.717) is 32.1 Å². The highest BCUT2D eigenvalue weighted by molar-refractivity contribution is 8.01. The van der Waals surface area contributed by atoms with Crippen LogP contribution in [0.5, 0.6) is 5.75 Å². The van der Waals surface area contributed by atoms with Crippen molar-refractivity contribution in [2.45, 2.75) is 10.8 Å². The van der Waals surface area contributed by atoms with Crippen LogP contribution < -0.4 is 10.1 Å². The van der Waals surface area contributed by atoms with E-state index in [1.807, 2.05) is 0 Å². The first-order valence-electron chi connectivity index (χ1n) is 8.44. The Labute approximate surface area is 180 Å². The number of benzene rings is 2. The van der Waals surface area contributed by atoms with Crippen molar-refractivity contribution < 1.29 is 18.7 Å². The van der Waals surface area contributed by atoms with Crippen LogP contribution >= 0.6 is 34.7 Å². The van der Waals surface area contributed by atoms with E-state index in [2.05, 4.69) is 10.3 Å². The number of hydrogen-bond donors (Lipinski definition) is 1. The standard InChI is InChI=1S/C20H16ClFN2O3S2/c1-27-18-7-4-13(21)8-16(18)24-19(26)9-15-10-28-20(23-15)29-11-17(25)12-2-5-14(22)6-3-12/h2-8,10H,9,11H2,1H3,(H,24,26). The van der Waals surface area contributed by atoms with Gasteiger partial charge in [0.2, 0.25) is 5.91 Å².